The minimum absolute atomic E-state index is 0.334. The number of oxime groups is 1. The SMILES string of the molecule is O=[N+]([O-])[C@@H]1C(c2ccccc2)=NO[C@@H]1c1ccc(Cl)cc1. The molecule has 1 heterocycles. The summed E-state index contributed by atoms with van der Waals surface area (Å²) in [6, 6.07) is 14.8. The van der Waals surface area contributed by atoms with Crippen molar-refractivity contribution < 1.29 is 9.76 Å². The summed E-state index contributed by atoms with van der Waals surface area (Å²) in [5.41, 5.74) is 1.70. The predicted molar refractivity (Wildman–Crippen MR) is 79.0 cm³/mol. The number of hydrogen-bond acceptors (Lipinski definition) is 4. The fourth-order valence-corrected chi connectivity index (χ4v) is 2.43. The van der Waals surface area contributed by atoms with Crippen LogP contribution in [0.2, 0.25) is 5.02 Å². The van der Waals surface area contributed by atoms with Crippen LogP contribution in [0.5, 0.6) is 0 Å². The monoisotopic (exact) mass is 302 g/mol. The smallest absolute Gasteiger partial charge is 0.301 e. The average molecular weight is 303 g/mol. The van der Waals surface area contributed by atoms with Gasteiger partial charge in [0.1, 0.15) is 0 Å². The number of halogens is 1. The Bertz CT molecular complexity index is 686. The number of nitro groups is 1. The van der Waals surface area contributed by atoms with Crippen LogP contribution in [0, 0.1) is 10.1 Å². The molecule has 0 unspecified atom stereocenters. The normalized spacial score (nSPS) is 20.7. The zero-order valence-electron chi connectivity index (χ0n) is 10.8. The molecular weight excluding hydrogens is 292 g/mol. The molecule has 0 radical (unpaired) electrons. The molecule has 21 heavy (non-hydrogen) atoms. The largest absolute Gasteiger partial charge is 0.379 e. The van der Waals surface area contributed by atoms with E-state index in [0.717, 1.165) is 0 Å². The van der Waals surface area contributed by atoms with E-state index in [4.69, 9.17) is 16.4 Å². The second kappa shape index (κ2) is 5.54. The minimum atomic E-state index is -1.03. The van der Waals surface area contributed by atoms with Gasteiger partial charge in [-0.1, -0.05) is 59.2 Å². The maximum absolute atomic E-state index is 11.5. The Morgan fingerprint density at radius 3 is 2.38 bits per heavy atom. The summed E-state index contributed by atoms with van der Waals surface area (Å²) >= 11 is 5.84. The Hall–Kier alpha value is -2.40. The van der Waals surface area contributed by atoms with Gasteiger partial charge in [-0.3, -0.25) is 10.1 Å². The van der Waals surface area contributed by atoms with E-state index in [1.807, 2.05) is 18.2 Å². The molecular formula is C15H11ClN2O3. The lowest BCUT2D eigenvalue weighted by Crippen LogP contribution is -2.32. The summed E-state index contributed by atoms with van der Waals surface area (Å²) in [6.07, 6.45) is -0.743. The molecule has 1 aliphatic rings. The number of benzene rings is 2. The molecule has 3 rings (SSSR count). The number of nitrogens with zero attached hydrogens (tertiary/aromatic N) is 2. The molecule has 0 bridgehead atoms. The van der Waals surface area contributed by atoms with Gasteiger partial charge in [0, 0.05) is 21.1 Å². The van der Waals surface area contributed by atoms with Crippen LogP contribution in [0.15, 0.2) is 59.8 Å². The van der Waals surface area contributed by atoms with Gasteiger partial charge in [-0.15, -0.1) is 0 Å². The Kier molecular flexibility index (Phi) is 3.58. The lowest BCUT2D eigenvalue weighted by atomic mass is 9.95. The standard InChI is InChI=1S/C15H11ClN2O3/c16-12-8-6-11(7-9-12)15-14(18(19)20)13(17-21-15)10-4-2-1-3-5-10/h1-9,14-15H/t14-,15-/m1/s1. The Morgan fingerprint density at radius 2 is 1.76 bits per heavy atom. The average Bonchev–Trinajstić information content (AvgIpc) is 2.94. The van der Waals surface area contributed by atoms with Gasteiger partial charge >= 0.3 is 6.04 Å². The second-order valence-corrected chi connectivity index (χ2v) is 5.09. The molecule has 2 aromatic carbocycles. The van der Waals surface area contributed by atoms with E-state index in [2.05, 4.69) is 5.16 Å². The lowest BCUT2D eigenvalue weighted by Gasteiger charge is -2.12. The van der Waals surface area contributed by atoms with Gasteiger partial charge in [0.2, 0.25) is 6.10 Å². The Morgan fingerprint density at radius 1 is 1.10 bits per heavy atom. The van der Waals surface area contributed by atoms with Crippen LogP contribution in [0.1, 0.15) is 17.2 Å². The van der Waals surface area contributed by atoms with Crippen molar-refractivity contribution in [2.45, 2.75) is 12.1 Å². The molecule has 0 aromatic heterocycles. The van der Waals surface area contributed by atoms with Crippen molar-refractivity contribution in [3.8, 4) is 0 Å². The van der Waals surface area contributed by atoms with Gasteiger partial charge in [-0.05, 0) is 12.1 Å². The van der Waals surface area contributed by atoms with Gasteiger partial charge in [0.15, 0.2) is 5.71 Å². The van der Waals surface area contributed by atoms with Crippen molar-refractivity contribution >= 4 is 17.3 Å². The van der Waals surface area contributed by atoms with Crippen molar-refractivity contribution in [3.63, 3.8) is 0 Å². The third-order valence-electron chi connectivity index (χ3n) is 3.33. The molecule has 0 N–H and O–H groups in total. The number of rotatable bonds is 3. The highest BCUT2D eigenvalue weighted by atomic mass is 35.5. The first-order chi connectivity index (χ1) is 10.2. The molecule has 106 valence electrons. The zero-order valence-corrected chi connectivity index (χ0v) is 11.6. The maximum Gasteiger partial charge on any atom is 0.301 e. The third-order valence-corrected chi connectivity index (χ3v) is 3.58. The van der Waals surface area contributed by atoms with E-state index in [1.54, 1.807) is 36.4 Å². The van der Waals surface area contributed by atoms with Crippen LogP contribution in [0.4, 0.5) is 0 Å². The summed E-state index contributed by atoms with van der Waals surface area (Å²) in [5.74, 6) is 0. The molecule has 2 aromatic rings. The van der Waals surface area contributed by atoms with Gasteiger partial charge in [0.25, 0.3) is 0 Å². The van der Waals surface area contributed by atoms with E-state index in [1.165, 1.54) is 0 Å². The van der Waals surface area contributed by atoms with Crippen LogP contribution < -0.4 is 0 Å². The maximum atomic E-state index is 11.5. The van der Waals surface area contributed by atoms with Gasteiger partial charge in [0.05, 0.1) is 0 Å². The summed E-state index contributed by atoms with van der Waals surface area (Å²) in [6.45, 7) is 0. The summed E-state index contributed by atoms with van der Waals surface area (Å²) in [4.78, 5) is 16.4. The quantitative estimate of drug-likeness (QED) is 0.644. The van der Waals surface area contributed by atoms with E-state index in [-0.39, 0.29) is 4.92 Å². The topological polar surface area (TPSA) is 64.7 Å². The van der Waals surface area contributed by atoms with E-state index in [0.29, 0.717) is 21.9 Å². The van der Waals surface area contributed by atoms with Crippen LogP contribution in [0.25, 0.3) is 0 Å². The number of hydrogen-bond donors (Lipinski definition) is 0. The van der Waals surface area contributed by atoms with Gasteiger partial charge in [-0.25, -0.2) is 0 Å². The van der Waals surface area contributed by atoms with Crippen LogP contribution >= 0.6 is 11.6 Å². The molecule has 0 aliphatic carbocycles. The lowest BCUT2D eigenvalue weighted by molar-refractivity contribution is -0.512. The van der Waals surface area contributed by atoms with E-state index >= 15 is 0 Å². The molecule has 6 heteroatoms. The Balaban J connectivity index is 1.95. The molecule has 0 saturated carbocycles. The van der Waals surface area contributed by atoms with Crippen LogP contribution in [-0.4, -0.2) is 16.7 Å². The molecule has 1 aliphatic heterocycles. The first kappa shape index (κ1) is 13.6. The van der Waals surface area contributed by atoms with Gasteiger partial charge < -0.3 is 4.84 Å². The minimum Gasteiger partial charge on any atom is -0.379 e. The summed E-state index contributed by atoms with van der Waals surface area (Å²) < 4.78 is 0. The highest BCUT2D eigenvalue weighted by Crippen LogP contribution is 2.32. The molecule has 0 spiro atoms. The highest BCUT2D eigenvalue weighted by Gasteiger charge is 2.45. The highest BCUT2D eigenvalue weighted by molar-refractivity contribution is 6.30. The Labute approximate surface area is 125 Å². The van der Waals surface area contributed by atoms with Crippen molar-refractivity contribution in [2.24, 2.45) is 5.16 Å². The zero-order chi connectivity index (χ0) is 14.8. The van der Waals surface area contributed by atoms with Crippen molar-refractivity contribution in [1.82, 2.24) is 0 Å². The third kappa shape index (κ3) is 2.60. The first-order valence-electron chi connectivity index (χ1n) is 6.35. The molecule has 0 fully saturated rings. The summed E-state index contributed by atoms with van der Waals surface area (Å²) in [5, 5.41) is 16.0. The molecule has 0 amide bonds. The van der Waals surface area contributed by atoms with E-state index < -0.39 is 12.1 Å². The van der Waals surface area contributed by atoms with Crippen LogP contribution in [-0.2, 0) is 4.84 Å². The summed E-state index contributed by atoms with van der Waals surface area (Å²) in [7, 11) is 0. The van der Waals surface area contributed by atoms with Crippen molar-refractivity contribution in [1.29, 1.82) is 0 Å². The fraction of sp³-hybridized carbons (Fsp3) is 0.133. The molecule has 0 saturated heterocycles. The molecule has 5 nitrogen and oxygen atoms in total. The van der Waals surface area contributed by atoms with Crippen molar-refractivity contribution in [2.75, 3.05) is 0 Å². The van der Waals surface area contributed by atoms with Gasteiger partial charge in [-0.2, -0.15) is 0 Å². The predicted octanol–water partition coefficient (Wildman–Crippen LogP) is 3.46. The second-order valence-electron chi connectivity index (χ2n) is 4.65. The molecule has 2 atom stereocenters. The van der Waals surface area contributed by atoms with E-state index in [9.17, 15) is 10.1 Å². The van der Waals surface area contributed by atoms with Crippen molar-refractivity contribution in [3.05, 3.63) is 80.9 Å². The van der Waals surface area contributed by atoms with Crippen LogP contribution in [0.3, 0.4) is 0 Å². The fourth-order valence-electron chi connectivity index (χ4n) is 2.31. The first-order valence-corrected chi connectivity index (χ1v) is 6.72.